The number of ether oxygens (including phenoxy) is 1. The molecular formula is C9H9N3O2. The van der Waals surface area contributed by atoms with Crippen LogP contribution in [0.15, 0.2) is 18.3 Å². The predicted octanol–water partition coefficient (Wildman–Crippen LogP) is 0.670. The van der Waals surface area contributed by atoms with Crippen molar-refractivity contribution in [3.8, 4) is 5.75 Å². The number of fused-ring (bicyclic) bond motifs is 1. The number of hydrogen-bond acceptors (Lipinski definition) is 3. The minimum Gasteiger partial charge on any atom is -0.496 e. The molecule has 5 heteroatoms. The van der Waals surface area contributed by atoms with E-state index in [1.54, 1.807) is 18.3 Å². The number of carbonyl (C=O) groups is 1. The first-order valence-corrected chi connectivity index (χ1v) is 4.00. The van der Waals surface area contributed by atoms with E-state index in [1.807, 2.05) is 5.73 Å². The van der Waals surface area contributed by atoms with Gasteiger partial charge in [0.05, 0.1) is 18.2 Å². The molecule has 1 amide bonds. The number of aromatic amines is 1. The summed E-state index contributed by atoms with van der Waals surface area (Å²) < 4.78 is 11.9. The molecule has 0 fully saturated rings. The van der Waals surface area contributed by atoms with Gasteiger partial charge in [-0.3, -0.25) is 9.89 Å². The van der Waals surface area contributed by atoms with E-state index in [0.29, 0.717) is 16.8 Å². The fourth-order valence-electron chi connectivity index (χ4n) is 1.32. The summed E-state index contributed by atoms with van der Waals surface area (Å²) in [6.07, 6.45) is 1.68. The number of carbonyl (C=O) groups excluding carboxylic acids is 1. The zero-order valence-corrected chi connectivity index (χ0v) is 7.50. The molecular weight excluding hydrogens is 182 g/mol. The SMILES string of the molecule is [2H]NC(=O)c1cc2c[nH]nc2cc1OC. The van der Waals surface area contributed by atoms with Crippen LogP contribution in [-0.4, -0.2) is 23.2 Å². The molecule has 5 nitrogen and oxygen atoms in total. The molecule has 0 aliphatic heterocycles. The Labute approximate surface area is 81.3 Å². The number of primary amides is 1. The average Bonchev–Trinajstić information content (AvgIpc) is 2.73. The van der Waals surface area contributed by atoms with E-state index in [1.165, 1.54) is 7.11 Å². The van der Waals surface area contributed by atoms with Crippen molar-refractivity contribution < 1.29 is 10.9 Å². The van der Waals surface area contributed by atoms with Crippen LogP contribution in [0, 0.1) is 0 Å². The molecule has 0 aliphatic carbocycles. The minimum absolute atomic E-state index is 0.321. The third-order valence-electron chi connectivity index (χ3n) is 2.00. The average molecular weight is 192 g/mol. The molecule has 0 saturated carbocycles. The Balaban J connectivity index is 2.64. The van der Waals surface area contributed by atoms with Crippen LogP contribution in [0.4, 0.5) is 0 Å². The first kappa shape index (κ1) is 7.37. The molecule has 2 rings (SSSR count). The van der Waals surface area contributed by atoms with Crippen molar-refractivity contribution in [3.63, 3.8) is 0 Å². The molecule has 0 aliphatic rings. The monoisotopic (exact) mass is 192 g/mol. The molecule has 14 heavy (non-hydrogen) atoms. The summed E-state index contributed by atoms with van der Waals surface area (Å²) >= 11 is 0. The van der Waals surface area contributed by atoms with Crippen LogP contribution in [-0.2, 0) is 0 Å². The number of hydrogen-bond donors (Lipinski definition) is 2. The molecule has 72 valence electrons. The van der Waals surface area contributed by atoms with E-state index in [9.17, 15) is 4.79 Å². The van der Waals surface area contributed by atoms with Crippen LogP contribution < -0.4 is 10.5 Å². The topological polar surface area (TPSA) is 81.0 Å². The van der Waals surface area contributed by atoms with E-state index in [2.05, 4.69) is 10.2 Å². The van der Waals surface area contributed by atoms with Crippen molar-refractivity contribution in [2.75, 3.05) is 7.11 Å². The minimum atomic E-state index is -0.505. The van der Waals surface area contributed by atoms with Gasteiger partial charge in [-0.05, 0) is 6.07 Å². The van der Waals surface area contributed by atoms with Crippen LogP contribution >= 0.6 is 0 Å². The van der Waals surface area contributed by atoms with Gasteiger partial charge in [0.2, 0.25) is 0 Å². The molecule has 1 aromatic heterocycles. The van der Waals surface area contributed by atoms with Crippen molar-refractivity contribution >= 4 is 16.8 Å². The van der Waals surface area contributed by atoms with Crippen LogP contribution in [0.2, 0.25) is 1.41 Å². The molecule has 0 atom stereocenters. The standard InChI is InChI=1S/C9H9N3O2/c1-14-8-3-7-5(4-11-12-7)2-6(8)9(10)13/h2-4H,1H3,(H2,10,13)(H,11,12)/i/hD. The molecule has 0 unspecified atom stereocenters. The lowest BCUT2D eigenvalue weighted by molar-refractivity contribution is 0.0997. The lowest BCUT2D eigenvalue weighted by Gasteiger charge is -2.04. The number of nitrogens with two attached hydrogens (primary N) is 1. The fraction of sp³-hybridized carbons (Fsp3) is 0.111. The molecule has 0 bridgehead atoms. The highest BCUT2D eigenvalue weighted by molar-refractivity contribution is 5.99. The first-order chi connectivity index (χ1) is 7.26. The molecule has 3 N–H and O–H groups in total. The van der Waals surface area contributed by atoms with E-state index in [4.69, 9.17) is 6.15 Å². The molecule has 0 radical (unpaired) electrons. The number of nitrogens with one attached hydrogen (secondary N) is 1. The van der Waals surface area contributed by atoms with Gasteiger partial charge in [0.15, 0.2) is 1.41 Å². The maximum atomic E-state index is 11.3. The molecule has 1 aromatic carbocycles. The van der Waals surface area contributed by atoms with Gasteiger partial charge in [0, 0.05) is 17.6 Å². The van der Waals surface area contributed by atoms with Gasteiger partial charge >= 0.3 is 0 Å². The van der Waals surface area contributed by atoms with E-state index in [0.717, 1.165) is 5.39 Å². The van der Waals surface area contributed by atoms with Crippen LogP contribution in [0.1, 0.15) is 10.4 Å². The van der Waals surface area contributed by atoms with Crippen LogP contribution in [0.5, 0.6) is 5.75 Å². The maximum Gasteiger partial charge on any atom is 0.252 e. The maximum absolute atomic E-state index is 11.3. The third kappa shape index (κ3) is 1.19. The van der Waals surface area contributed by atoms with Gasteiger partial charge in [-0.2, -0.15) is 5.10 Å². The number of nitrogens with zero attached hydrogens (tertiary/aromatic N) is 1. The largest absolute Gasteiger partial charge is 0.496 e. The molecule has 0 spiro atoms. The van der Waals surface area contributed by atoms with Crippen LogP contribution in [0.25, 0.3) is 10.9 Å². The molecule has 1 heterocycles. The summed E-state index contributed by atoms with van der Waals surface area (Å²) in [4.78, 5) is 11.3. The zero-order chi connectivity index (χ0) is 10.8. The lowest BCUT2D eigenvalue weighted by atomic mass is 10.1. The summed E-state index contributed by atoms with van der Waals surface area (Å²) in [5, 5.41) is 7.46. The number of aromatic nitrogens is 2. The number of H-pyrrole nitrogens is 1. The second kappa shape index (κ2) is 3.02. The zero-order valence-electron chi connectivity index (χ0n) is 8.50. The Morgan fingerprint density at radius 3 is 3.29 bits per heavy atom. The Bertz CT molecular complexity index is 509. The van der Waals surface area contributed by atoms with Crippen molar-refractivity contribution in [2.45, 2.75) is 0 Å². The van der Waals surface area contributed by atoms with E-state index >= 15 is 0 Å². The van der Waals surface area contributed by atoms with Crippen molar-refractivity contribution in [1.29, 1.82) is 0 Å². The first-order valence-electron chi connectivity index (χ1n) is 4.50. The van der Waals surface area contributed by atoms with E-state index in [-0.39, 0.29) is 0 Å². The van der Waals surface area contributed by atoms with Crippen molar-refractivity contribution in [3.05, 3.63) is 23.9 Å². The number of amides is 1. The Morgan fingerprint density at radius 2 is 2.57 bits per heavy atom. The highest BCUT2D eigenvalue weighted by Crippen LogP contribution is 2.23. The van der Waals surface area contributed by atoms with Crippen molar-refractivity contribution in [2.24, 2.45) is 5.73 Å². The fourth-order valence-corrected chi connectivity index (χ4v) is 1.32. The summed E-state index contributed by atoms with van der Waals surface area (Å²) in [5.74, 6) is -0.103. The highest BCUT2D eigenvalue weighted by Gasteiger charge is 2.11. The van der Waals surface area contributed by atoms with Gasteiger partial charge in [-0.1, -0.05) is 0 Å². The number of rotatable bonds is 2. The lowest BCUT2D eigenvalue weighted by Crippen LogP contribution is -2.12. The quantitative estimate of drug-likeness (QED) is 0.733. The normalized spacial score (nSPS) is 11.1. The number of benzene rings is 1. The summed E-state index contributed by atoms with van der Waals surface area (Å²) in [6.45, 7) is 0. The smallest absolute Gasteiger partial charge is 0.252 e. The van der Waals surface area contributed by atoms with Gasteiger partial charge in [-0.25, -0.2) is 0 Å². The molecule has 2 aromatic rings. The van der Waals surface area contributed by atoms with Gasteiger partial charge in [0.1, 0.15) is 5.75 Å². The Morgan fingerprint density at radius 1 is 1.71 bits per heavy atom. The Kier molecular flexibility index (Phi) is 1.59. The summed E-state index contributed by atoms with van der Waals surface area (Å²) in [6, 6.07) is 3.28. The van der Waals surface area contributed by atoms with Crippen molar-refractivity contribution in [1.82, 2.24) is 10.2 Å². The second-order valence-electron chi connectivity index (χ2n) is 2.83. The van der Waals surface area contributed by atoms with E-state index < -0.39 is 5.91 Å². The van der Waals surface area contributed by atoms with Gasteiger partial charge in [0.25, 0.3) is 5.91 Å². The van der Waals surface area contributed by atoms with Crippen LogP contribution in [0.3, 0.4) is 0 Å². The predicted molar refractivity (Wildman–Crippen MR) is 51.2 cm³/mol. The van der Waals surface area contributed by atoms with Gasteiger partial charge in [-0.15, -0.1) is 0 Å². The Hall–Kier alpha value is -2.04. The van der Waals surface area contributed by atoms with Gasteiger partial charge < -0.3 is 10.5 Å². The molecule has 0 saturated heterocycles. The highest BCUT2D eigenvalue weighted by atomic mass is 16.5. The number of methoxy groups -OCH3 is 1. The third-order valence-corrected chi connectivity index (χ3v) is 2.00. The summed E-state index contributed by atoms with van der Waals surface area (Å²) in [5.41, 5.74) is 2.85. The summed E-state index contributed by atoms with van der Waals surface area (Å²) in [7, 11) is 1.47. The second-order valence-corrected chi connectivity index (χ2v) is 2.83.